The van der Waals surface area contributed by atoms with Crippen molar-refractivity contribution in [3.8, 4) is 0 Å². The van der Waals surface area contributed by atoms with Gasteiger partial charge in [0.25, 0.3) is 5.82 Å². The first-order valence-electron chi connectivity index (χ1n) is 8.30. The van der Waals surface area contributed by atoms with Crippen LogP contribution in [0.3, 0.4) is 0 Å². The molecule has 150 valence electrons. The highest BCUT2D eigenvalue weighted by Crippen LogP contribution is 2.31. The number of hydrogen-bond donors (Lipinski definition) is 0. The molecule has 28 heavy (non-hydrogen) atoms. The van der Waals surface area contributed by atoms with Crippen molar-refractivity contribution in [1.82, 2.24) is 29.6 Å². The van der Waals surface area contributed by atoms with Gasteiger partial charge in [-0.2, -0.15) is 36.0 Å². The first kappa shape index (κ1) is 18.5. The highest BCUT2D eigenvalue weighted by Gasteiger charge is 2.38. The van der Waals surface area contributed by atoms with Crippen LogP contribution < -0.4 is 4.90 Å². The minimum absolute atomic E-state index is 0.0495. The van der Waals surface area contributed by atoms with Crippen LogP contribution in [0.1, 0.15) is 30.4 Å². The molecular weight excluding hydrogens is 392 g/mol. The van der Waals surface area contributed by atoms with Gasteiger partial charge in [0.05, 0.1) is 6.04 Å². The minimum Gasteiger partial charge on any atom is -0.353 e. The van der Waals surface area contributed by atoms with Crippen LogP contribution in [-0.2, 0) is 12.4 Å². The molecule has 1 fully saturated rings. The van der Waals surface area contributed by atoms with Crippen molar-refractivity contribution in [2.75, 3.05) is 18.0 Å². The number of rotatable bonds is 2. The van der Waals surface area contributed by atoms with Gasteiger partial charge in [-0.05, 0) is 31.0 Å². The zero-order valence-electron chi connectivity index (χ0n) is 14.1. The maximum absolute atomic E-state index is 13.0. The van der Waals surface area contributed by atoms with Crippen LogP contribution in [0, 0.1) is 0 Å². The van der Waals surface area contributed by atoms with Crippen LogP contribution >= 0.6 is 0 Å². The molecule has 0 N–H and O–H groups in total. The molecule has 3 aromatic heterocycles. The fraction of sp³-hybridized carbons (Fsp3) is 0.467. The molecule has 3 aromatic rings. The van der Waals surface area contributed by atoms with Crippen LogP contribution in [0.15, 0.2) is 24.4 Å². The number of aromatic nitrogens is 6. The van der Waals surface area contributed by atoms with E-state index < -0.39 is 23.9 Å². The second kappa shape index (κ2) is 6.34. The Labute approximate surface area is 153 Å². The average Bonchev–Trinajstić information content (AvgIpc) is 3.28. The van der Waals surface area contributed by atoms with Gasteiger partial charge in [0.15, 0.2) is 11.3 Å². The molecule has 13 heteroatoms. The van der Waals surface area contributed by atoms with Gasteiger partial charge in [0.2, 0.25) is 0 Å². The first-order valence-corrected chi connectivity index (χ1v) is 8.30. The summed E-state index contributed by atoms with van der Waals surface area (Å²) in [5.74, 6) is -0.981. The summed E-state index contributed by atoms with van der Waals surface area (Å²) in [6.07, 6.45) is -6.76. The molecule has 0 bridgehead atoms. The third-order valence-electron chi connectivity index (χ3n) is 4.50. The number of piperidine rings is 1. The quantitative estimate of drug-likeness (QED) is 0.613. The third kappa shape index (κ3) is 3.36. The number of hydrogen-bond acceptors (Lipinski definition) is 5. The summed E-state index contributed by atoms with van der Waals surface area (Å²) in [4.78, 5) is 1.71. The van der Waals surface area contributed by atoms with E-state index in [1.54, 1.807) is 4.90 Å². The smallest absolute Gasteiger partial charge is 0.353 e. The van der Waals surface area contributed by atoms with Gasteiger partial charge in [-0.3, -0.25) is 4.68 Å². The molecule has 4 rings (SSSR count). The summed E-state index contributed by atoms with van der Waals surface area (Å²) in [6.45, 7) is 0.771. The number of halogens is 6. The average molecular weight is 405 g/mol. The Bertz CT molecular complexity index is 989. The van der Waals surface area contributed by atoms with Crippen molar-refractivity contribution in [1.29, 1.82) is 0 Å². The van der Waals surface area contributed by atoms with E-state index in [4.69, 9.17) is 0 Å². The molecule has 0 amide bonds. The number of alkyl halides is 6. The summed E-state index contributed by atoms with van der Waals surface area (Å²) >= 11 is 0. The van der Waals surface area contributed by atoms with Gasteiger partial charge < -0.3 is 4.90 Å². The molecule has 0 aliphatic carbocycles. The molecule has 0 aromatic carbocycles. The van der Waals surface area contributed by atoms with Crippen molar-refractivity contribution in [2.45, 2.75) is 31.2 Å². The minimum atomic E-state index is -4.71. The zero-order valence-corrected chi connectivity index (χ0v) is 14.1. The van der Waals surface area contributed by atoms with E-state index in [-0.39, 0.29) is 24.1 Å². The zero-order chi connectivity index (χ0) is 20.1. The van der Waals surface area contributed by atoms with Crippen molar-refractivity contribution >= 4 is 11.5 Å². The lowest BCUT2D eigenvalue weighted by molar-refractivity contribution is -0.146. The number of fused-ring (bicyclic) bond motifs is 1. The summed E-state index contributed by atoms with van der Waals surface area (Å²) < 4.78 is 79.2. The standard InChI is InChI=1S/C15H13F6N7/c16-14(17,18)10-5-7-27(24-10)9-2-1-6-26(8-9)12-4-3-11-22-23-13(15(19,20)21)28(11)25-12/h3-5,7,9H,1-2,6,8H2. The maximum Gasteiger partial charge on any atom is 0.453 e. The van der Waals surface area contributed by atoms with Crippen LogP contribution in [0.2, 0.25) is 0 Å². The normalized spacial score (nSPS) is 18.8. The number of nitrogens with zero attached hydrogens (tertiary/aromatic N) is 7. The molecule has 1 aliphatic rings. The third-order valence-corrected chi connectivity index (χ3v) is 4.50. The van der Waals surface area contributed by atoms with E-state index >= 15 is 0 Å². The van der Waals surface area contributed by atoms with Gasteiger partial charge in [-0.25, -0.2) is 0 Å². The Morgan fingerprint density at radius 2 is 1.71 bits per heavy atom. The molecule has 1 unspecified atom stereocenters. The van der Waals surface area contributed by atoms with Crippen molar-refractivity contribution in [3.63, 3.8) is 0 Å². The van der Waals surface area contributed by atoms with E-state index in [9.17, 15) is 26.3 Å². The van der Waals surface area contributed by atoms with Crippen LogP contribution in [0.5, 0.6) is 0 Å². The van der Waals surface area contributed by atoms with Gasteiger partial charge in [-0.1, -0.05) is 0 Å². The lowest BCUT2D eigenvalue weighted by atomic mass is 10.1. The van der Waals surface area contributed by atoms with Crippen molar-refractivity contribution in [2.24, 2.45) is 0 Å². The van der Waals surface area contributed by atoms with Crippen molar-refractivity contribution in [3.05, 3.63) is 35.9 Å². The van der Waals surface area contributed by atoms with Crippen LogP contribution in [0.4, 0.5) is 32.2 Å². The Balaban J connectivity index is 1.60. The lowest BCUT2D eigenvalue weighted by Gasteiger charge is -2.33. The summed E-state index contributed by atoms with van der Waals surface area (Å²) in [5, 5.41) is 14.2. The Morgan fingerprint density at radius 3 is 2.39 bits per heavy atom. The molecule has 1 atom stereocenters. The second-order valence-electron chi connectivity index (χ2n) is 6.40. The van der Waals surface area contributed by atoms with E-state index in [0.29, 0.717) is 23.9 Å². The highest BCUT2D eigenvalue weighted by atomic mass is 19.4. The second-order valence-corrected chi connectivity index (χ2v) is 6.40. The van der Waals surface area contributed by atoms with Crippen LogP contribution in [0.25, 0.3) is 5.65 Å². The fourth-order valence-corrected chi connectivity index (χ4v) is 3.20. The molecule has 0 spiro atoms. The van der Waals surface area contributed by atoms with Gasteiger partial charge in [0, 0.05) is 19.3 Å². The SMILES string of the molecule is FC(F)(F)c1ccn(C2CCCN(c3ccc4nnc(C(F)(F)F)n4n3)C2)n1. The highest BCUT2D eigenvalue weighted by molar-refractivity contribution is 5.46. The monoisotopic (exact) mass is 405 g/mol. The Hall–Kier alpha value is -2.86. The van der Waals surface area contributed by atoms with Crippen molar-refractivity contribution < 1.29 is 26.3 Å². The Kier molecular flexibility index (Phi) is 4.19. The summed E-state index contributed by atoms with van der Waals surface area (Å²) in [6, 6.07) is 3.42. The summed E-state index contributed by atoms with van der Waals surface area (Å²) in [7, 11) is 0. The first-order chi connectivity index (χ1) is 13.1. The molecular formula is C15H13F6N7. The predicted molar refractivity (Wildman–Crippen MR) is 83.5 cm³/mol. The van der Waals surface area contributed by atoms with Gasteiger partial charge >= 0.3 is 12.4 Å². The predicted octanol–water partition coefficient (Wildman–Crippen LogP) is 3.20. The van der Waals surface area contributed by atoms with Crippen LogP contribution in [-0.4, -0.2) is 42.7 Å². The number of anilines is 1. The van der Waals surface area contributed by atoms with E-state index in [1.807, 2.05) is 0 Å². The molecule has 0 saturated carbocycles. The lowest BCUT2D eigenvalue weighted by Crippen LogP contribution is -2.37. The molecule has 4 heterocycles. The largest absolute Gasteiger partial charge is 0.453 e. The molecule has 1 aliphatic heterocycles. The maximum atomic E-state index is 13.0. The Morgan fingerprint density at radius 1 is 0.929 bits per heavy atom. The molecule has 0 radical (unpaired) electrons. The van der Waals surface area contributed by atoms with E-state index in [2.05, 4.69) is 20.4 Å². The van der Waals surface area contributed by atoms with Gasteiger partial charge in [-0.15, -0.1) is 15.3 Å². The van der Waals surface area contributed by atoms with E-state index in [0.717, 1.165) is 6.07 Å². The van der Waals surface area contributed by atoms with E-state index in [1.165, 1.54) is 23.0 Å². The topological polar surface area (TPSA) is 64.1 Å². The fourth-order valence-electron chi connectivity index (χ4n) is 3.20. The summed E-state index contributed by atoms with van der Waals surface area (Å²) in [5.41, 5.74) is -1.03. The van der Waals surface area contributed by atoms with Gasteiger partial charge in [0.1, 0.15) is 5.82 Å². The molecule has 1 saturated heterocycles. The molecule has 7 nitrogen and oxygen atoms in total.